The first kappa shape index (κ1) is 24.6. The lowest BCUT2D eigenvalue weighted by molar-refractivity contribution is -0.286. The van der Waals surface area contributed by atoms with E-state index in [-0.39, 0.29) is 52.5 Å². The smallest absolute Gasteiger partial charge is 0.302 e. The maximum absolute atomic E-state index is 12.4. The van der Waals surface area contributed by atoms with Gasteiger partial charge in [-0.1, -0.05) is 6.92 Å². The van der Waals surface area contributed by atoms with Crippen molar-refractivity contribution in [3.05, 3.63) is 0 Å². The number of piperidine rings is 1. The van der Waals surface area contributed by atoms with Gasteiger partial charge in [-0.3, -0.25) is 9.69 Å². The highest BCUT2D eigenvalue weighted by Gasteiger charge is 2.84. The second-order valence-electron chi connectivity index (χ2n) is 12.4. The van der Waals surface area contributed by atoms with Crippen LogP contribution in [-0.2, 0) is 28.5 Å². The third kappa shape index (κ3) is 2.83. The Kier molecular flexibility index (Phi) is 5.89. The Morgan fingerprint density at radius 1 is 1.09 bits per heavy atom. The number of fused-ring (bicyclic) bond motifs is 2. The number of likely N-dealkylation sites (tertiary alicyclic amines) is 1. The van der Waals surface area contributed by atoms with Gasteiger partial charge in [0.1, 0.15) is 6.10 Å². The molecule has 0 aromatic rings. The van der Waals surface area contributed by atoms with Gasteiger partial charge in [0.2, 0.25) is 0 Å². The molecular formula is C28H45NO6. The molecule has 12 atom stereocenters. The van der Waals surface area contributed by atoms with Crippen LogP contribution in [0.4, 0.5) is 0 Å². The molecule has 7 nitrogen and oxygen atoms in total. The monoisotopic (exact) mass is 491 g/mol. The maximum Gasteiger partial charge on any atom is 0.302 e. The number of carbonyl (C=O) groups is 1. The Hall–Kier alpha value is -0.730. The minimum atomic E-state index is -0.338. The highest BCUT2D eigenvalue weighted by molar-refractivity contribution is 5.66. The van der Waals surface area contributed by atoms with Crippen LogP contribution >= 0.6 is 0 Å². The average molecular weight is 492 g/mol. The van der Waals surface area contributed by atoms with Gasteiger partial charge in [-0.2, -0.15) is 0 Å². The predicted octanol–water partition coefficient (Wildman–Crippen LogP) is 3.15. The molecule has 5 aliphatic carbocycles. The van der Waals surface area contributed by atoms with E-state index in [1.54, 1.807) is 6.92 Å². The van der Waals surface area contributed by atoms with E-state index in [9.17, 15) is 4.79 Å². The molecule has 7 heteroatoms. The number of hydrogen-bond acceptors (Lipinski definition) is 7. The highest BCUT2D eigenvalue weighted by atomic mass is 16.6. The summed E-state index contributed by atoms with van der Waals surface area (Å²) in [7, 11) is 5.62. The number of carbonyl (C=O) groups excluding carboxylic acids is 1. The lowest BCUT2D eigenvalue weighted by atomic mass is 9.43. The summed E-state index contributed by atoms with van der Waals surface area (Å²) in [5, 5.41) is 0. The molecule has 1 unspecified atom stereocenters. The van der Waals surface area contributed by atoms with Crippen molar-refractivity contribution in [3.63, 3.8) is 0 Å². The SMILES string of the molecule is CCO[C@]12C[C@H](OC)[C@H]3C[C@H]([C@@H]1[C@H]3OC(C)=O)C13[C@@H](OC)CC[C@@]4(COC)CN(CC)[C@@H]1[C@@H]2C[C@@H]34. The topological polar surface area (TPSA) is 66.5 Å². The van der Waals surface area contributed by atoms with Crippen LogP contribution in [0, 0.1) is 40.4 Å². The number of methoxy groups -OCH3 is 3. The first-order chi connectivity index (χ1) is 16.9. The minimum Gasteiger partial charge on any atom is -0.462 e. The van der Waals surface area contributed by atoms with Gasteiger partial charge in [-0.15, -0.1) is 0 Å². The van der Waals surface area contributed by atoms with Crippen molar-refractivity contribution in [2.24, 2.45) is 40.4 Å². The van der Waals surface area contributed by atoms with E-state index in [0.29, 0.717) is 30.4 Å². The number of esters is 1. The Labute approximate surface area is 210 Å². The second kappa shape index (κ2) is 8.39. The van der Waals surface area contributed by atoms with Gasteiger partial charge in [0.25, 0.3) is 0 Å². The number of ether oxygens (including phenoxy) is 5. The Morgan fingerprint density at radius 3 is 2.51 bits per heavy atom. The fraction of sp³-hybridized carbons (Fsp3) is 0.964. The number of rotatable bonds is 8. The fourth-order valence-electron chi connectivity index (χ4n) is 11.5. The van der Waals surface area contributed by atoms with Crippen LogP contribution in [0.5, 0.6) is 0 Å². The van der Waals surface area contributed by atoms with Crippen molar-refractivity contribution in [2.45, 2.75) is 82.8 Å². The molecule has 0 amide bonds. The third-order valence-corrected chi connectivity index (χ3v) is 11.8. The molecular weight excluding hydrogens is 446 g/mol. The highest BCUT2D eigenvalue weighted by Crippen LogP contribution is 2.79. The van der Waals surface area contributed by atoms with Gasteiger partial charge in [0.15, 0.2) is 0 Å². The second-order valence-corrected chi connectivity index (χ2v) is 12.4. The summed E-state index contributed by atoms with van der Waals surface area (Å²) in [4.78, 5) is 15.2. The summed E-state index contributed by atoms with van der Waals surface area (Å²) in [6.45, 7) is 9.61. The first-order valence-electron chi connectivity index (χ1n) is 14.0. The van der Waals surface area contributed by atoms with E-state index >= 15 is 0 Å². The molecule has 6 aliphatic rings. The van der Waals surface area contributed by atoms with Crippen molar-refractivity contribution < 1.29 is 28.5 Å². The Morgan fingerprint density at radius 2 is 1.89 bits per heavy atom. The van der Waals surface area contributed by atoms with Crippen LogP contribution in [0.25, 0.3) is 0 Å². The molecule has 5 saturated carbocycles. The van der Waals surface area contributed by atoms with E-state index in [1.807, 2.05) is 21.3 Å². The molecule has 35 heavy (non-hydrogen) atoms. The Bertz CT molecular complexity index is 853. The first-order valence-corrected chi connectivity index (χ1v) is 14.0. The molecule has 0 aromatic carbocycles. The lowest BCUT2D eigenvalue weighted by Gasteiger charge is -2.70. The van der Waals surface area contributed by atoms with Crippen molar-refractivity contribution in [1.29, 1.82) is 0 Å². The van der Waals surface area contributed by atoms with E-state index in [1.165, 1.54) is 0 Å². The quantitative estimate of drug-likeness (QED) is 0.483. The molecule has 1 aliphatic heterocycles. The Balaban J connectivity index is 1.59. The zero-order chi connectivity index (χ0) is 24.8. The van der Waals surface area contributed by atoms with E-state index in [2.05, 4.69) is 18.7 Å². The van der Waals surface area contributed by atoms with Crippen LogP contribution in [0.1, 0.15) is 52.9 Å². The lowest BCUT2D eigenvalue weighted by Crippen LogP contribution is -2.76. The molecule has 1 saturated heterocycles. The maximum atomic E-state index is 12.4. The van der Waals surface area contributed by atoms with Crippen LogP contribution < -0.4 is 0 Å². The number of nitrogens with zero attached hydrogens (tertiary/aromatic N) is 1. The molecule has 6 fully saturated rings. The van der Waals surface area contributed by atoms with E-state index in [0.717, 1.165) is 51.8 Å². The summed E-state index contributed by atoms with van der Waals surface area (Å²) in [5.74, 6) is 1.52. The van der Waals surface area contributed by atoms with E-state index in [4.69, 9.17) is 23.7 Å². The largest absolute Gasteiger partial charge is 0.462 e. The minimum absolute atomic E-state index is 0.0332. The van der Waals surface area contributed by atoms with Crippen molar-refractivity contribution in [3.8, 4) is 0 Å². The summed E-state index contributed by atoms with van der Waals surface area (Å²) in [6.07, 6.45) is 5.42. The molecule has 0 aromatic heterocycles. The fourth-order valence-corrected chi connectivity index (χ4v) is 11.5. The summed E-state index contributed by atoms with van der Waals surface area (Å²) in [6, 6.07) is 0.424. The van der Waals surface area contributed by atoms with Gasteiger partial charge in [0, 0.05) is 82.5 Å². The van der Waals surface area contributed by atoms with Crippen molar-refractivity contribution in [2.75, 3.05) is 47.6 Å². The number of hydrogen-bond donors (Lipinski definition) is 0. The van der Waals surface area contributed by atoms with Gasteiger partial charge in [0.05, 0.1) is 24.4 Å². The van der Waals surface area contributed by atoms with Gasteiger partial charge in [-0.05, 0) is 51.0 Å². The van der Waals surface area contributed by atoms with Gasteiger partial charge in [-0.25, -0.2) is 0 Å². The molecule has 0 radical (unpaired) electrons. The zero-order valence-electron chi connectivity index (χ0n) is 22.5. The van der Waals surface area contributed by atoms with Crippen LogP contribution in [0.2, 0.25) is 0 Å². The summed E-state index contributed by atoms with van der Waals surface area (Å²) >= 11 is 0. The normalized spacial score (nSPS) is 53.6. The molecule has 7 bridgehead atoms. The van der Waals surface area contributed by atoms with Crippen LogP contribution in [0.15, 0.2) is 0 Å². The van der Waals surface area contributed by atoms with Gasteiger partial charge < -0.3 is 23.7 Å². The van der Waals surface area contributed by atoms with Gasteiger partial charge >= 0.3 is 5.97 Å². The van der Waals surface area contributed by atoms with Crippen LogP contribution in [-0.4, -0.2) is 88.5 Å². The molecule has 1 heterocycles. The molecule has 198 valence electrons. The summed E-state index contributed by atoms with van der Waals surface area (Å²) < 4.78 is 31.8. The average Bonchev–Trinajstić information content (AvgIpc) is 3.26. The molecule has 6 rings (SSSR count). The molecule has 0 N–H and O–H groups in total. The predicted molar refractivity (Wildman–Crippen MR) is 130 cm³/mol. The standard InChI is InChI=1S/C28H45NO6/c1-7-29-14-26(15-31-4)10-9-22(33-6)28-18-11-17-20(32-5)13-27(34-8-2,19(25(28)29)12-21(26)28)23(18)24(17)35-16(3)30/h17-25H,7-15H2,1-6H3/t17-,18-,19+,20+,21-,22+,23-,24+,25-,26+,27+,28?/m1/s1. The third-order valence-electron chi connectivity index (χ3n) is 11.8. The van der Waals surface area contributed by atoms with Crippen molar-refractivity contribution >= 4 is 5.97 Å². The van der Waals surface area contributed by atoms with E-state index < -0.39 is 0 Å². The summed E-state index contributed by atoms with van der Waals surface area (Å²) in [5.41, 5.74) is -0.159. The van der Waals surface area contributed by atoms with Crippen LogP contribution in [0.3, 0.4) is 0 Å². The van der Waals surface area contributed by atoms with Crippen molar-refractivity contribution in [1.82, 2.24) is 4.90 Å². The zero-order valence-corrected chi connectivity index (χ0v) is 22.5. The molecule has 1 spiro atoms.